The van der Waals surface area contributed by atoms with Crippen molar-refractivity contribution in [2.45, 2.75) is 20.8 Å². The fourth-order valence-electron chi connectivity index (χ4n) is 0.361. The van der Waals surface area contributed by atoms with Crippen LogP contribution >= 0.6 is 11.3 Å². The molecule has 1 heterocycles. The Kier molecular flexibility index (Phi) is 5.75. The number of thiophene rings is 1. The summed E-state index contributed by atoms with van der Waals surface area (Å²) < 4.78 is 0. The normalized spacial score (nSPS) is 8.73. The van der Waals surface area contributed by atoms with E-state index in [2.05, 4.69) is 24.4 Å². The van der Waals surface area contributed by atoms with Crippen LogP contribution in [0.15, 0.2) is 17.5 Å². The Morgan fingerprint density at radius 1 is 1.55 bits per heavy atom. The third-order valence-electron chi connectivity index (χ3n) is 0.936. The molecule has 0 fully saturated rings. The van der Waals surface area contributed by atoms with Gasteiger partial charge in [-0.2, -0.15) is 0 Å². The zero-order chi connectivity index (χ0) is 8.69. The fourth-order valence-corrected chi connectivity index (χ4v) is 0.890. The van der Waals surface area contributed by atoms with E-state index < -0.39 is 0 Å². The van der Waals surface area contributed by atoms with Crippen LogP contribution < -0.4 is 0 Å². The molecule has 2 heteroatoms. The summed E-state index contributed by atoms with van der Waals surface area (Å²) in [4.78, 5) is 10.9. The number of carbonyl (C=O) groups is 1. The molecule has 0 radical (unpaired) electrons. The smallest absolute Gasteiger partial charge is 0.122 e. The molecule has 1 nitrogen and oxygen atoms in total. The van der Waals surface area contributed by atoms with Gasteiger partial charge in [-0.3, -0.25) is 0 Å². The number of carbonyl (C=O) groups excluding carboxylic acids is 1. The largest absolute Gasteiger partial charge is 0.303 e. The standard InChI is InChI=1S/C5H6S.C4H8O/c1-5-3-2-4-6-5;1-4(2)3-5/h2-4H,1H3;3-4H,1-2H3. The highest BCUT2D eigenvalue weighted by Gasteiger charge is 1.79. The number of aldehydes is 1. The first kappa shape index (κ1) is 10.4. The van der Waals surface area contributed by atoms with Crippen LogP contribution in [0.25, 0.3) is 0 Å². The summed E-state index contributed by atoms with van der Waals surface area (Å²) >= 11 is 1.78. The van der Waals surface area contributed by atoms with Gasteiger partial charge in [0.2, 0.25) is 0 Å². The average molecular weight is 170 g/mol. The maximum absolute atomic E-state index is 9.50. The Balaban J connectivity index is 0.000000187. The third-order valence-corrected chi connectivity index (χ3v) is 1.74. The second-order valence-corrected chi connectivity index (χ2v) is 3.76. The molecule has 0 saturated heterocycles. The summed E-state index contributed by atoms with van der Waals surface area (Å²) in [5.74, 6) is 0.204. The van der Waals surface area contributed by atoms with E-state index in [0.29, 0.717) is 0 Å². The molecule has 0 aliphatic rings. The highest BCUT2D eigenvalue weighted by Crippen LogP contribution is 2.03. The van der Waals surface area contributed by atoms with Crippen LogP contribution in [0.3, 0.4) is 0 Å². The fraction of sp³-hybridized carbons (Fsp3) is 0.444. The predicted octanol–water partition coefficient (Wildman–Crippen LogP) is 2.90. The van der Waals surface area contributed by atoms with E-state index in [1.54, 1.807) is 11.3 Å². The first-order valence-corrected chi connectivity index (χ1v) is 4.50. The summed E-state index contributed by atoms with van der Waals surface area (Å²) in [7, 11) is 0. The Hall–Kier alpha value is -0.630. The van der Waals surface area contributed by atoms with Gasteiger partial charge < -0.3 is 4.79 Å². The molecule has 1 aromatic heterocycles. The number of aryl methyl sites for hydroxylation is 1. The van der Waals surface area contributed by atoms with Crippen LogP contribution in [0.1, 0.15) is 18.7 Å². The van der Waals surface area contributed by atoms with Gasteiger partial charge in [0, 0.05) is 10.8 Å². The highest BCUT2D eigenvalue weighted by atomic mass is 32.1. The molecular weight excluding hydrogens is 156 g/mol. The first-order chi connectivity index (χ1) is 5.16. The Morgan fingerprint density at radius 3 is 2.18 bits per heavy atom. The second-order valence-electron chi connectivity index (χ2n) is 2.60. The van der Waals surface area contributed by atoms with Crippen LogP contribution in [0.4, 0.5) is 0 Å². The van der Waals surface area contributed by atoms with Crippen LogP contribution in [0, 0.1) is 12.8 Å². The van der Waals surface area contributed by atoms with Gasteiger partial charge in [0.05, 0.1) is 0 Å². The highest BCUT2D eigenvalue weighted by molar-refractivity contribution is 7.09. The van der Waals surface area contributed by atoms with Crippen LogP contribution in [-0.2, 0) is 4.79 Å². The number of hydrogen-bond acceptors (Lipinski definition) is 2. The van der Waals surface area contributed by atoms with Crippen molar-refractivity contribution in [1.29, 1.82) is 0 Å². The van der Waals surface area contributed by atoms with E-state index in [1.165, 1.54) is 4.88 Å². The van der Waals surface area contributed by atoms with Gasteiger partial charge in [-0.15, -0.1) is 11.3 Å². The second kappa shape index (κ2) is 6.10. The molecule has 0 unspecified atom stereocenters. The third kappa shape index (κ3) is 7.26. The SMILES string of the molecule is CC(C)C=O.Cc1cccs1. The maximum atomic E-state index is 9.50. The van der Waals surface area contributed by atoms with Gasteiger partial charge >= 0.3 is 0 Å². The molecule has 0 bridgehead atoms. The summed E-state index contributed by atoms with van der Waals surface area (Å²) in [5.41, 5.74) is 0. The van der Waals surface area contributed by atoms with Crippen molar-refractivity contribution in [3.63, 3.8) is 0 Å². The molecule has 0 aliphatic heterocycles. The van der Waals surface area contributed by atoms with Crippen molar-refractivity contribution in [3.05, 3.63) is 22.4 Å². The van der Waals surface area contributed by atoms with Crippen LogP contribution in [0.5, 0.6) is 0 Å². The number of hydrogen-bond donors (Lipinski definition) is 0. The lowest BCUT2D eigenvalue weighted by Gasteiger charge is -1.78. The van der Waals surface area contributed by atoms with Gasteiger partial charge in [0.15, 0.2) is 0 Å². The van der Waals surface area contributed by atoms with Crippen molar-refractivity contribution in [2.75, 3.05) is 0 Å². The minimum atomic E-state index is 0.204. The summed E-state index contributed by atoms with van der Waals surface area (Å²) in [6, 6.07) is 4.16. The van der Waals surface area contributed by atoms with E-state index in [-0.39, 0.29) is 5.92 Å². The lowest BCUT2D eigenvalue weighted by molar-refractivity contribution is -0.110. The molecule has 11 heavy (non-hydrogen) atoms. The van der Waals surface area contributed by atoms with Crippen molar-refractivity contribution < 1.29 is 4.79 Å². The minimum absolute atomic E-state index is 0.204. The maximum Gasteiger partial charge on any atom is 0.122 e. The van der Waals surface area contributed by atoms with E-state index in [9.17, 15) is 4.79 Å². The lowest BCUT2D eigenvalue weighted by atomic mass is 10.3. The minimum Gasteiger partial charge on any atom is -0.303 e. The van der Waals surface area contributed by atoms with Crippen molar-refractivity contribution in [1.82, 2.24) is 0 Å². The molecule has 0 aromatic carbocycles. The summed E-state index contributed by atoms with van der Waals surface area (Å²) in [6.07, 6.45) is 0.917. The van der Waals surface area contributed by atoms with Crippen molar-refractivity contribution in [2.24, 2.45) is 5.92 Å². The lowest BCUT2D eigenvalue weighted by Crippen LogP contribution is -1.82. The molecule has 0 aliphatic carbocycles. The van der Waals surface area contributed by atoms with Crippen molar-refractivity contribution >= 4 is 17.6 Å². The molecule has 1 rings (SSSR count). The van der Waals surface area contributed by atoms with Gasteiger partial charge in [-0.1, -0.05) is 19.9 Å². The van der Waals surface area contributed by atoms with Crippen LogP contribution in [-0.4, -0.2) is 6.29 Å². The van der Waals surface area contributed by atoms with Gasteiger partial charge in [-0.25, -0.2) is 0 Å². The summed E-state index contributed by atoms with van der Waals surface area (Å²) in [5, 5.41) is 2.08. The van der Waals surface area contributed by atoms with Gasteiger partial charge in [0.25, 0.3) is 0 Å². The summed E-state index contributed by atoms with van der Waals surface area (Å²) in [6.45, 7) is 5.81. The monoisotopic (exact) mass is 170 g/mol. The zero-order valence-corrected chi connectivity index (χ0v) is 8.02. The van der Waals surface area contributed by atoms with Gasteiger partial charge in [0.1, 0.15) is 6.29 Å². The predicted molar refractivity (Wildman–Crippen MR) is 50.0 cm³/mol. The van der Waals surface area contributed by atoms with Gasteiger partial charge in [-0.05, 0) is 18.4 Å². The van der Waals surface area contributed by atoms with Crippen LogP contribution in [0.2, 0.25) is 0 Å². The molecule has 0 spiro atoms. The molecule has 1 aromatic rings. The van der Waals surface area contributed by atoms with E-state index in [4.69, 9.17) is 0 Å². The van der Waals surface area contributed by atoms with E-state index in [1.807, 2.05) is 13.8 Å². The Labute approximate surface area is 72.1 Å². The molecule has 62 valence electrons. The Morgan fingerprint density at radius 2 is 2.09 bits per heavy atom. The zero-order valence-electron chi connectivity index (χ0n) is 7.20. The molecule has 0 amide bonds. The molecule has 0 atom stereocenters. The Bertz CT molecular complexity index is 177. The molecule has 0 saturated carbocycles. The average Bonchev–Trinajstić information content (AvgIpc) is 2.41. The van der Waals surface area contributed by atoms with E-state index in [0.717, 1.165) is 6.29 Å². The molecular formula is C9H14OS. The van der Waals surface area contributed by atoms with Crippen molar-refractivity contribution in [3.8, 4) is 0 Å². The first-order valence-electron chi connectivity index (χ1n) is 3.62. The number of rotatable bonds is 1. The topological polar surface area (TPSA) is 17.1 Å². The molecule has 0 N–H and O–H groups in total. The van der Waals surface area contributed by atoms with E-state index >= 15 is 0 Å². The quantitative estimate of drug-likeness (QED) is 0.592.